The molecule has 146 valence electrons. The van der Waals surface area contributed by atoms with Gasteiger partial charge in [-0.25, -0.2) is 0 Å². The molecule has 27 heavy (non-hydrogen) atoms. The predicted octanol–water partition coefficient (Wildman–Crippen LogP) is 2.06. The van der Waals surface area contributed by atoms with Gasteiger partial charge >= 0.3 is 0 Å². The van der Waals surface area contributed by atoms with Gasteiger partial charge in [0.2, 0.25) is 0 Å². The van der Waals surface area contributed by atoms with Crippen molar-refractivity contribution in [3.63, 3.8) is 0 Å². The van der Waals surface area contributed by atoms with E-state index in [1.165, 1.54) is 0 Å². The van der Waals surface area contributed by atoms with Crippen molar-refractivity contribution < 1.29 is 19.7 Å². The maximum Gasteiger partial charge on any atom is 0.163 e. The molecule has 0 radical (unpaired) electrons. The molecule has 6 N–H and O–H groups in total. The van der Waals surface area contributed by atoms with E-state index in [0.717, 1.165) is 11.1 Å². The van der Waals surface area contributed by atoms with Crippen LogP contribution in [0.25, 0.3) is 0 Å². The van der Waals surface area contributed by atoms with Crippen LogP contribution in [0.1, 0.15) is 25.0 Å². The van der Waals surface area contributed by atoms with Crippen molar-refractivity contribution in [1.82, 2.24) is 0 Å². The Labute approximate surface area is 159 Å². The Balaban J connectivity index is 1.76. The zero-order valence-corrected chi connectivity index (χ0v) is 15.7. The number of phenols is 2. The minimum atomic E-state index is -0.804. The average molecular weight is 372 g/mol. The molecule has 4 atom stereocenters. The number of phenolic OH excluding ortho intramolecular Hbond substituents is 2. The Morgan fingerprint density at radius 2 is 1.19 bits per heavy atom. The first-order valence-electron chi connectivity index (χ1n) is 9.17. The van der Waals surface area contributed by atoms with Crippen molar-refractivity contribution in [1.29, 1.82) is 0 Å². The molecule has 1 heterocycles. The molecule has 6 nitrogen and oxygen atoms in total. The number of benzene rings is 2. The second-order valence-electron chi connectivity index (χ2n) is 7.56. The minimum Gasteiger partial charge on any atom is -0.508 e. The Kier molecular flexibility index (Phi) is 5.72. The van der Waals surface area contributed by atoms with Crippen molar-refractivity contribution in [2.24, 2.45) is 11.5 Å². The summed E-state index contributed by atoms with van der Waals surface area (Å²) >= 11 is 0. The Morgan fingerprint density at radius 1 is 0.815 bits per heavy atom. The van der Waals surface area contributed by atoms with E-state index in [-0.39, 0.29) is 11.5 Å². The fourth-order valence-electron chi connectivity index (χ4n) is 3.59. The number of nitrogens with two attached hydrogens (primary N) is 2. The smallest absolute Gasteiger partial charge is 0.163 e. The van der Waals surface area contributed by atoms with Gasteiger partial charge in [0.15, 0.2) is 5.79 Å². The standard InChI is InChI=1S/C21H28N2O4/c1-21(2)26-19(15(22)11-13-7-3-5-9-17(13)24)20(27-21)16(23)12-14-8-4-6-10-18(14)25/h3-10,15-16,19-20,24-25H,11-12,22-23H2,1-2H3/t15-,16-,19+,20+/m1/s1. The quantitative estimate of drug-likeness (QED) is 0.618. The van der Waals surface area contributed by atoms with Crippen molar-refractivity contribution in [2.45, 2.75) is 56.8 Å². The van der Waals surface area contributed by atoms with E-state index >= 15 is 0 Å². The van der Waals surface area contributed by atoms with Gasteiger partial charge in [0.25, 0.3) is 0 Å². The van der Waals surface area contributed by atoms with Crippen LogP contribution in [-0.2, 0) is 22.3 Å². The summed E-state index contributed by atoms with van der Waals surface area (Å²) in [5.41, 5.74) is 14.4. The highest BCUT2D eigenvalue weighted by molar-refractivity contribution is 5.33. The SMILES string of the molecule is CC1(C)O[C@@H]([C@H](N)Cc2ccccc2O)[C@H]([C@H](N)Cc2ccccc2O)O1. The third-order valence-corrected chi connectivity index (χ3v) is 4.90. The lowest BCUT2D eigenvalue weighted by Crippen LogP contribution is -2.51. The molecular formula is C21H28N2O4. The molecule has 1 aliphatic rings. The van der Waals surface area contributed by atoms with Crippen molar-refractivity contribution >= 4 is 0 Å². The van der Waals surface area contributed by atoms with Gasteiger partial charge in [-0.05, 0) is 49.9 Å². The van der Waals surface area contributed by atoms with Crippen LogP contribution in [0.4, 0.5) is 0 Å². The molecule has 2 aromatic carbocycles. The van der Waals surface area contributed by atoms with E-state index in [9.17, 15) is 10.2 Å². The van der Waals surface area contributed by atoms with Gasteiger partial charge in [-0.1, -0.05) is 36.4 Å². The van der Waals surface area contributed by atoms with Crippen LogP contribution in [-0.4, -0.2) is 40.3 Å². The van der Waals surface area contributed by atoms with E-state index < -0.39 is 30.1 Å². The highest BCUT2D eigenvalue weighted by atomic mass is 16.8. The summed E-state index contributed by atoms with van der Waals surface area (Å²) < 4.78 is 12.1. The first kappa shape index (κ1) is 19.6. The average Bonchev–Trinajstić information content (AvgIpc) is 2.95. The number of aromatic hydroxyl groups is 2. The highest BCUT2D eigenvalue weighted by Gasteiger charge is 2.46. The molecule has 3 rings (SSSR count). The lowest BCUT2D eigenvalue weighted by molar-refractivity contribution is -0.149. The van der Waals surface area contributed by atoms with Crippen molar-refractivity contribution in [3.8, 4) is 11.5 Å². The maximum absolute atomic E-state index is 10.0. The first-order chi connectivity index (χ1) is 12.8. The van der Waals surface area contributed by atoms with Crippen LogP contribution in [0.2, 0.25) is 0 Å². The van der Waals surface area contributed by atoms with Crippen molar-refractivity contribution in [3.05, 3.63) is 59.7 Å². The number of para-hydroxylation sites is 2. The zero-order chi connectivity index (χ0) is 19.6. The number of hydrogen-bond acceptors (Lipinski definition) is 6. The highest BCUT2D eigenvalue weighted by Crippen LogP contribution is 2.33. The largest absolute Gasteiger partial charge is 0.508 e. The molecule has 0 unspecified atom stereocenters. The number of ether oxygens (including phenoxy) is 2. The van der Waals surface area contributed by atoms with E-state index in [2.05, 4.69) is 0 Å². The van der Waals surface area contributed by atoms with Gasteiger partial charge in [-0.3, -0.25) is 0 Å². The zero-order valence-electron chi connectivity index (χ0n) is 15.7. The molecule has 1 aliphatic heterocycles. The van der Waals surface area contributed by atoms with Crippen LogP contribution in [0.15, 0.2) is 48.5 Å². The summed E-state index contributed by atoms with van der Waals surface area (Å²) in [6.07, 6.45) is 0.0219. The Morgan fingerprint density at radius 3 is 1.56 bits per heavy atom. The third kappa shape index (κ3) is 4.59. The maximum atomic E-state index is 10.0. The molecule has 2 aromatic rings. The monoisotopic (exact) mass is 372 g/mol. The first-order valence-corrected chi connectivity index (χ1v) is 9.17. The van der Waals surface area contributed by atoms with E-state index in [4.69, 9.17) is 20.9 Å². The predicted molar refractivity (Wildman–Crippen MR) is 103 cm³/mol. The Hall–Kier alpha value is -2.12. The lowest BCUT2D eigenvalue weighted by Gasteiger charge is -2.27. The third-order valence-electron chi connectivity index (χ3n) is 4.90. The summed E-state index contributed by atoms with van der Waals surface area (Å²) in [5.74, 6) is -0.385. The normalized spacial score (nSPS) is 23.9. The summed E-state index contributed by atoms with van der Waals surface area (Å²) in [5, 5.41) is 20.1. The fraction of sp³-hybridized carbons (Fsp3) is 0.429. The summed E-state index contributed by atoms with van der Waals surface area (Å²) in [4.78, 5) is 0. The van der Waals surface area contributed by atoms with Crippen LogP contribution >= 0.6 is 0 Å². The van der Waals surface area contributed by atoms with Crippen LogP contribution in [0.3, 0.4) is 0 Å². The second-order valence-corrected chi connectivity index (χ2v) is 7.56. The molecule has 0 aromatic heterocycles. The lowest BCUT2D eigenvalue weighted by atomic mass is 9.92. The van der Waals surface area contributed by atoms with Gasteiger partial charge in [-0.15, -0.1) is 0 Å². The summed E-state index contributed by atoms with van der Waals surface area (Å²) in [7, 11) is 0. The number of rotatable bonds is 6. The molecule has 0 aliphatic carbocycles. The molecule has 1 fully saturated rings. The van der Waals surface area contributed by atoms with Crippen molar-refractivity contribution in [2.75, 3.05) is 0 Å². The molecule has 1 saturated heterocycles. The van der Waals surface area contributed by atoms with E-state index in [1.54, 1.807) is 24.3 Å². The van der Waals surface area contributed by atoms with Crippen LogP contribution in [0.5, 0.6) is 11.5 Å². The summed E-state index contributed by atoms with van der Waals surface area (Å²) in [6, 6.07) is 13.4. The number of hydrogen-bond donors (Lipinski definition) is 4. The molecule has 0 bridgehead atoms. The summed E-state index contributed by atoms with van der Waals surface area (Å²) in [6.45, 7) is 3.67. The van der Waals surface area contributed by atoms with Crippen LogP contribution in [0, 0.1) is 0 Å². The molecule has 0 saturated carbocycles. The molecule has 6 heteroatoms. The van der Waals surface area contributed by atoms with E-state index in [1.807, 2.05) is 38.1 Å². The Bertz CT molecular complexity index is 717. The second kappa shape index (κ2) is 7.86. The molecule has 0 spiro atoms. The van der Waals surface area contributed by atoms with Gasteiger partial charge in [0.1, 0.15) is 23.7 Å². The molecule has 0 amide bonds. The van der Waals surface area contributed by atoms with Gasteiger partial charge in [-0.2, -0.15) is 0 Å². The van der Waals surface area contributed by atoms with E-state index in [0.29, 0.717) is 12.8 Å². The van der Waals surface area contributed by atoms with Gasteiger partial charge in [0.05, 0.1) is 0 Å². The minimum absolute atomic E-state index is 0.209. The van der Waals surface area contributed by atoms with Crippen LogP contribution < -0.4 is 11.5 Å². The molecular weight excluding hydrogens is 344 g/mol. The topological polar surface area (TPSA) is 111 Å². The van der Waals surface area contributed by atoms with Gasteiger partial charge < -0.3 is 31.2 Å². The fourth-order valence-corrected chi connectivity index (χ4v) is 3.59. The van der Waals surface area contributed by atoms with Gasteiger partial charge in [0, 0.05) is 12.1 Å².